The topological polar surface area (TPSA) is 89.5 Å². The largest absolute Gasteiger partial charge is 0.456 e. The maximum absolute atomic E-state index is 12.2. The summed E-state index contributed by atoms with van der Waals surface area (Å²) in [6, 6.07) is 10.8. The van der Waals surface area contributed by atoms with Gasteiger partial charge in [0.05, 0.1) is 4.90 Å². The van der Waals surface area contributed by atoms with Gasteiger partial charge in [-0.05, 0) is 61.4 Å². The number of halogens is 1. The minimum Gasteiger partial charge on any atom is -0.456 e. The van der Waals surface area contributed by atoms with Crippen molar-refractivity contribution in [3.05, 3.63) is 64.2 Å². The van der Waals surface area contributed by atoms with Gasteiger partial charge in [-0.1, -0.05) is 17.7 Å². The average Bonchev–Trinajstić information content (AvgIpc) is 2.60. The molecule has 0 heterocycles. The van der Waals surface area contributed by atoms with Crippen LogP contribution in [-0.2, 0) is 19.6 Å². The molecule has 6 nitrogen and oxygen atoms in total. The zero-order valence-electron chi connectivity index (χ0n) is 14.3. The monoisotopic (exact) mass is 395 g/mol. The molecule has 0 bridgehead atoms. The van der Waals surface area contributed by atoms with Crippen molar-refractivity contribution in [1.29, 1.82) is 0 Å². The molecule has 0 fully saturated rings. The summed E-state index contributed by atoms with van der Waals surface area (Å²) in [4.78, 5) is 23.7. The standard InChI is InChI=1S/C18H18ClNO5S/c1-12-3-8-16(9-13(12)2)26(23,24)20-10-18(22)25-11-17(21)14-4-6-15(19)7-5-14/h3-9,20H,10-11H2,1-2H3. The smallest absolute Gasteiger partial charge is 0.321 e. The van der Waals surface area contributed by atoms with Crippen molar-refractivity contribution in [3.63, 3.8) is 0 Å². The molecule has 2 aromatic carbocycles. The van der Waals surface area contributed by atoms with Gasteiger partial charge >= 0.3 is 5.97 Å². The van der Waals surface area contributed by atoms with E-state index in [0.29, 0.717) is 10.6 Å². The summed E-state index contributed by atoms with van der Waals surface area (Å²) in [5.41, 5.74) is 2.13. The van der Waals surface area contributed by atoms with E-state index in [-0.39, 0.29) is 4.90 Å². The number of carbonyl (C=O) groups is 2. The first-order valence-electron chi connectivity index (χ1n) is 7.70. The number of rotatable bonds is 7. The van der Waals surface area contributed by atoms with E-state index in [1.165, 1.54) is 24.3 Å². The van der Waals surface area contributed by atoms with Crippen molar-refractivity contribution >= 4 is 33.4 Å². The van der Waals surface area contributed by atoms with E-state index in [9.17, 15) is 18.0 Å². The number of aryl methyl sites for hydroxylation is 2. The van der Waals surface area contributed by atoms with Crippen LogP contribution >= 0.6 is 11.6 Å². The van der Waals surface area contributed by atoms with Gasteiger partial charge in [0.25, 0.3) is 0 Å². The Labute approximate surface area is 157 Å². The first-order valence-corrected chi connectivity index (χ1v) is 9.56. The van der Waals surface area contributed by atoms with E-state index in [2.05, 4.69) is 4.72 Å². The van der Waals surface area contributed by atoms with Crippen molar-refractivity contribution in [1.82, 2.24) is 4.72 Å². The molecule has 0 aromatic heterocycles. The van der Waals surface area contributed by atoms with E-state index in [0.717, 1.165) is 11.1 Å². The zero-order valence-corrected chi connectivity index (χ0v) is 15.9. The third-order valence-electron chi connectivity index (χ3n) is 3.73. The number of carbonyl (C=O) groups excluding carboxylic acids is 2. The third kappa shape index (κ3) is 5.39. The van der Waals surface area contributed by atoms with Crippen LogP contribution in [0.5, 0.6) is 0 Å². The first kappa shape index (κ1) is 20.1. The van der Waals surface area contributed by atoms with Crippen LogP contribution in [0.4, 0.5) is 0 Å². The van der Waals surface area contributed by atoms with Gasteiger partial charge < -0.3 is 4.74 Å². The summed E-state index contributed by atoms with van der Waals surface area (Å²) in [6.07, 6.45) is 0. The molecule has 0 spiro atoms. The van der Waals surface area contributed by atoms with Gasteiger partial charge in [0, 0.05) is 10.6 Å². The number of ketones is 1. The lowest BCUT2D eigenvalue weighted by atomic mass is 10.1. The second-order valence-corrected chi connectivity index (χ2v) is 7.86. The van der Waals surface area contributed by atoms with Crippen LogP contribution in [0.2, 0.25) is 5.02 Å². The Morgan fingerprint density at radius 1 is 1.04 bits per heavy atom. The molecule has 0 aliphatic heterocycles. The molecule has 0 aliphatic carbocycles. The fourth-order valence-corrected chi connectivity index (χ4v) is 3.21. The minimum absolute atomic E-state index is 0.0608. The number of sulfonamides is 1. The molecule has 2 rings (SSSR count). The van der Waals surface area contributed by atoms with Gasteiger partial charge in [-0.25, -0.2) is 8.42 Å². The Bertz CT molecular complexity index is 923. The molecule has 0 unspecified atom stereocenters. The Kier molecular flexibility index (Phi) is 6.52. The van der Waals surface area contributed by atoms with Gasteiger partial charge in [0.2, 0.25) is 10.0 Å². The summed E-state index contributed by atoms with van der Waals surface area (Å²) in [7, 11) is -3.84. The predicted molar refractivity (Wildman–Crippen MR) is 97.8 cm³/mol. The van der Waals surface area contributed by atoms with Crippen LogP contribution in [-0.4, -0.2) is 33.3 Å². The molecule has 0 atom stereocenters. The minimum atomic E-state index is -3.84. The van der Waals surface area contributed by atoms with Gasteiger partial charge in [0.1, 0.15) is 6.54 Å². The third-order valence-corrected chi connectivity index (χ3v) is 5.38. The molecule has 2 aromatic rings. The lowest BCUT2D eigenvalue weighted by Crippen LogP contribution is -2.31. The Morgan fingerprint density at radius 2 is 1.69 bits per heavy atom. The number of ether oxygens (including phenoxy) is 1. The molecule has 138 valence electrons. The van der Waals surface area contributed by atoms with Crippen molar-refractivity contribution in [2.24, 2.45) is 0 Å². The lowest BCUT2D eigenvalue weighted by molar-refractivity contribution is -0.141. The maximum Gasteiger partial charge on any atom is 0.321 e. The van der Waals surface area contributed by atoms with Crippen LogP contribution in [0, 0.1) is 13.8 Å². The molecule has 0 aliphatic rings. The van der Waals surface area contributed by atoms with Crippen molar-refractivity contribution in [2.75, 3.05) is 13.2 Å². The lowest BCUT2D eigenvalue weighted by Gasteiger charge is -2.09. The quantitative estimate of drug-likeness (QED) is 0.575. The highest BCUT2D eigenvalue weighted by Gasteiger charge is 2.17. The number of esters is 1. The molecule has 8 heteroatoms. The van der Waals surface area contributed by atoms with Crippen LogP contribution in [0.1, 0.15) is 21.5 Å². The van der Waals surface area contributed by atoms with E-state index in [4.69, 9.17) is 16.3 Å². The first-order chi connectivity index (χ1) is 12.2. The Balaban J connectivity index is 1.88. The fraction of sp³-hybridized carbons (Fsp3) is 0.222. The molecule has 1 N–H and O–H groups in total. The highest BCUT2D eigenvalue weighted by atomic mass is 35.5. The highest BCUT2D eigenvalue weighted by Crippen LogP contribution is 2.14. The summed E-state index contributed by atoms with van der Waals surface area (Å²) >= 11 is 5.73. The van der Waals surface area contributed by atoms with Crippen molar-refractivity contribution in [2.45, 2.75) is 18.7 Å². The zero-order chi connectivity index (χ0) is 19.3. The van der Waals surface area contributed by atoms with Crippen LogP contribution in [0.3, 0.4) is 0 Å². The normalized spacial score (nSPS) is 11.2. The fourth-order valence-electron chi connectivity index (χ4n) is 2.03. The van der Waals surface area contributed by atoms with Gasteiger partial charge in [-0.2, -0.15) is 4.72 Å². The maximum atomic E-state index is 12.2. The Hall–Kier alpha value is -2.22. The molecule has 0 amide bonds. The molecule has 0 saturated carbocycles. The van der Waals surface area contributed by atoms with E-state index in [1.54, 1.807) is 25.1 Å². The van der Waals surface area contributed by atoms with Crippen molar-refractivity contribution in [3.8, 4) is 0 Å². The number of benzene rings is 2. The highest BCUT2D eigenvalue weighted by molar-refractivity contribution is 7.89. The van der Waals surface area contributed by atoms with Crippen LogP contribution in [0.25, 0.3) is 0 Å². The van der Waals surface area contributed by atoms with Crippen LogP contribution < -0.4 is 4.72 Å². The van der Waals surface area contributed by atoms with Crippen molar-refractivity contribution < 1.29 is 22.7 Å². The summed E-state index contributed by atoms with van der Waals surface area (Å²) in [5.74, 6) is -1.26. The summed E-state index contributed by atoms with van der Waals surface area (Å²) in [6.45, 7) is 2.62. The second-order valence-electron chi connectivity index (χ2n) is 5.66. The van der Waals surface area contributed by atoms with Gasteiger partial charge in [-0.3, -0.25) is 9.59 Å². The average molecular weight is 396 g/mol. The molecule has 0 radical (unpaired) electrons. The molecular weight excluding hydrogens is 378 g/mol. The van der Waals surface area contributed by atoms with Gasteiger partial charge in [0.15, 0.2) is 12.4 Å². The second kappa shape index (κ2) is 8.44. The SMILES string of the molecule is Cc1ccc(S(=O)(=O)NCC(=O)OCC(=O)c2ccc(Cl)cc2)cc1C. The number of Topliss-reactive ketones (excluding diaryl/α,β-unsaturated/α-hetero) is 1. The predicted octanol–water partition coefficient (Wildman–Crippen LogP) is 2.66. The van der Waals surface area contributed by atoms with Crippen LogP contribution in [0.15, 0.2) is 47.4 Å². The molecule has 26 heavy (non-hydrogen) atoms. The number of hydrogen-bond acceptors (Lipinski definition) is 5. The van der Waals surface area contributed by atoms with E-state index >= 15 is 0 Å². The summed E-state index contributed by atoms with van der Waals surface area (Å²) in [5, 5.41) is 0.485. The Morgan fingerprint density at radius 3 is 2.31 bits per heavy atom. The number of hydrogen-bond donors (Lipinski definition) is 1. The van der Waals surface area contributed by atoms with E-state index < -0.39 is 34.9 Å². The summed E-state index contributed by atoms with van der Waals surface area (Å²) < 4.78 is 31.4. The van der Waals surface area contributed by atoms with E-state index in [1.807, 2.05) is 6.92 Å². The number of nitrogens with one attached hydrogen (secondary N) is 1. The molecule has 0 saturated heterocycles. The van der Waals surface area contributed by atoms with Gasteiger partial charge in [-0.15, -0.1) is 0 Å². The molecular formula is C18H18ClNO5S.